The van der Waals surface area contributed by atoms with E-state index in [0.29, 0.717) is 5.92 Å². The van der Waals surface area contributed by atoms with Gasteiger partial charge in [-0.15, -0.1) is 0 Å². The zero-order valence-electron chi connectivity index (χ0n) is 9.93. The lowest BCUT2D eigenvalue weighted by Crippen LogP contribution is -2.21. The molecule has 0 fully saturated rings. The number of hydrogen-bond acceptors (Lipinski definition) is 1. The summed E-state index contributed by atoms with van der Waals surface area (Å²) in [5.74, 6) is 0.436. The number of fused-ring (bicyclic) bond motifs is 1. The van der Waals surface area contributed by atoms with Crippen molar-refractivity contribution in [3.63, 3.8) is 0 Å². The van der Waals surface area contributed by atoms with Crippen molar-refractivity contribution in [3.05, 3.63) is 71.5 Å². The van der Waals surface area contributed by atoms with E-state index < -0.39 is 0 Å². The molecule has 17 heavy (non-hydrogen) atoms. The molecule has 0 saturated heterocycles. The molecule has 1 aliphatic heterocycles. The van der Waals surface area contributed by atoms with Crippen LogP contribution in [0, 0.1) is 5.92 Å². The molecule has 0 saturated carbocycles. The fraction of sp³-hybridized carbons (Fsp3) is 0.188. The first-order chi connectivity index (χ1) is 8.34. The van der Waals surface area contributed by atoms with E-state index in [0.717, 1.165) is 6.42 Å². The topological polar surface area (TPSA) is 12.4 Å². The normalized spacial score (nSPS) is 22.4. The van der Waals surface area contributed by atoms with Crippen LogP contribution in [0.4, 0.5) is 0 Å². The molecule has 1 heteroatoms. The Morgan fingerprint density at radius 2 is 2.00 bits per heavy atom. The molecule has 3 rings (SSSR count). The number of hydrogen-bond donors (Lipinski definition) is 0. The smallest absolute Gasteiger partial charge is 0.0553 e. The number of allylic oxidation sites excluding steroid dienone is 5. The predicted molar refractivity (Wildman–Crippen MR) is 72.1 cm³/mol. The van der Waals surface area contributed by atoms with Gasteiger partial charge in [0.1, 0.15) is 0 Å². The summed E-state index contributed by atoms with van der Waals surface area (Å²) in [5.41, 5.74) is 5.18. The molecule has 84 valence electrons. The van der Waals surface area contributed by atoms with Crippen LogP contribution in [0.1, 0.15) is 18.9 Å². The van der Waals surface area contributed by atoms with Gasteiger partial charge in [0.05, 0.1) is 5.71 Å². The Morgan fingerprint density at radius 3 is 2.82 bits per heavy atom. The van der Waals surface area contributed by atoms with E-state index in [-0.39, 0.29) is 0 Å². The molecule has 0 bridgehead atoms. The van der Waals surface area contributed by atoms with Crippen LogP contribution in [0.25, 0.3) is 0 Å². The minimum absolute atomic E-state index is 0.436. The van der Waals surface area contributed by atoms with E-state index in [2.05, 4.69) is 54.4 Å². The molecule has 1 aromatic rings. The Morgan fingerprint density at radius 1 is 1.18 bits per heavy atom. The van der Waals surface area contributed by atoms with Crippen molar-refractivity contribution in [2.24, 2.45) is 10.9 Å². The van der Waals surface area contributed by atoms with Gasteiger partial charge < -0.3 is 0 Å². The van der Waals surface area contributed by atoms with Gasteiger partial charge in [0.2, 0.25) is 0 Å². The van der Waals surface area contributed by atoms with E-state index in [4.69, 9.17) is 0 Å². The SMILES string of the molecule is CC1=CC[C@H]2C(=C1)C=CN=C2c1ccccc1. The predicted octanol–water partition coefficient (Wildman–Crippen LogP) is 3.90. The maximum absolute atomic E-state index is 4.58. The summed E-state index contributed by atoms with van der Waals surface area (Å²) in [6.45, 7) is 2.16. The molecule has 1 heterocycles. The Labute approximate surface area is 102 Å². The monoisotopic (exact) mass is 221 g/mol. The largest absolute Gasteiger partial charge is 0.260 e. The standard InChI is InChI=1S/C16H15N/c1-12-7-8-15-14(11-12)9-10-17-16(15)13-5-3-2-4-6-13/h2-7,9-11,15H,8H2,1H3/t15-/m0/s1. The van der Waals surface area contributed by atoms with E-state index in [1.807, 2.05) is 12.3 Å². The Balaban J connectivity index is 2.01. The zero-order chi connectivity index (χ0) is 11.7. The van der Waals surface area contributed by atoms with Crippen LogP contribution in [-0.4, -0.2) is 5.71 Å². The van der Waals surface area contributed by atoms with Crippen molar-refractivity contribution in [1.29, 1.82) is 0 Å². The Hall–Kier alpha value is -1.89. The molecule has 0 spiro atoms. The van der Waals surface area contributed by atoms with Gasteiger partial charge in [0.25, 0.3) is 0 Å². The van der Waals surface area contributed by atoms with Crippen LogP contribution in [0.2, 0.25) is 0 Å². The van der Waals surface area contributed by atoms with Gasteiger partial charge in [-0.3, -0.25) is 4.99 Å². The van der Waals surface area contributed by atoms with Gasteiger partial charge in [-0.25, -0.2) is 0 Å². The summed E-state index contributed by atoms with van der Waals surface area (Å²) in [6, 6.07) is 10.5. The quantitative estimate of drug-likeness (QED) is 0.682. The van der Waals surface area contributed by atoms with Gasteiger partial charge in [-0.2, -0.15) is 0 Å². The Bertz CT molecular complexity index is 544. The van der Waals surface area contributed by atoms with Crippen LogP contribution in [0.15, 0.2) is 70.9 Å². The molecule has 1 aromatic carbocycles. The first kappa shape index (κ1) is 10.3. The fourth-order valence-corrected chi connectivity index (χ4v) is 2.47. The second kappa shape index (κ2) is 4.17. The van der Waals surface area contributed by atoms with Crippen LogP contribution < -0.4 is 0 Å². The highest BCUT2D eigenvalue weighted by atomic mass is 14.7. The van der Waals surface area contributed by atoms with Crippen molar-refractivity contribution in [1.82, 2.24) is 0 Å². The molecule has 0 aromatic heterocycles. The van der Waals surface area contributed by atoms with E-state index in [9.17, 15) is 0 Å². The zero-order valence-corrected chi connectivity index (χ0v) is 9.93. The first-order valence-electron chi connectivity index (χ1n) is 6.02. The van der Waals surface area contributed by atoms with E-state index >= 15 is 0 Å². The van der Waals surface area contributed by atoms with Crippen LogP contribution >= 0.6 is 0 Å². The van der Waals surface area contributed by atoms with E-state index in [1.165, 1.54) is 22.4 Å². The number of rotatable bonds is 1. The maximum atomic E-state index is 4.58. The van der Waals surface area contributed by atoms with Gasteiger partial charge in [0, 0.05) is 12.1 Å². The molecule has 0 amide bonds. The molecule has 1 nitrogen and oxygen atoms in total. The molecular formula is C16H15N. The van der Waals surface area contributed by atoms with Crippen molar-refractivity contribution in [3.8, 4) is 0 Å². The van der Waals surface area contributed by atoms with E-state index in [1.54, 1.807) is 0 Å². The van der Waals surface area contributed by atoms with Crippen LogP contribution in [0.3, 0.4) is 0 Å². The average molecular weight is 221 g/mol. The summed E-state index contributed by atoms with van der Waals surface area (Å²) < 4.78 is 0. The number of benzene rings is 1. The molecule has 0 unspecified atom stereocenters. The van der Waals surface area contributed by atoms with Crippen LogP contribution in [0.5, 0.6) is 0 Å². The van der Waals surface area contributed by atoms with Gasteiger partial charge in [0.15, 0.2) is 0 Å². The van der Waals surface area contributed by atoms with Crippen molar-refractivity contribution in [2.75, 3.05) is 0 Å². The molecule has 1 atom stereocenters. The fourth-order valence-electron chi connectivity index (χ4n) is 2.47. The summed E-state index contributed by atoms with van der Waals surface area (Å²) in [6.07, 6.45) is 9.68. The van der Waals surface area contributed by atoms with Crippen molar-refractivity contribution >= 4 is 5.71 Å². The minimum Gasteiger partial charge on any atom is -0.260 e. The third kappa shape index (κ3) is 1.89. The highest BCUT2D eigenvalue weighted by Crippen LogP contribution is 2.31. The molecule has 1 aliphatic carbocycles. The third-order valence-corrected chi connectivity index (χ3v) is 3.35. The lowest BCUT2D eigenvalue weighted by Gasteiger charge is -2.25. The van der Waals surface area contributed by atoms with Crippen LogP contribution in [-0.2, 0) is 0 Å². The molecular weight excluding hydrogens is 206 g/mol. The maximum Gasteiger partial charge on any atom is 0.0553 e. The molecule has 0 N–H and O–H groups in total. The Kier molecular flexibility index (Phi) is 2.52. The second-order valence-corrected chi connectivity index (χ2v) is 4.58. The third-order valence-electron chi connectivity index (χ3n) is 3.35. The summed E-state index contributed by atoms with van der Waals surface area (Å²) in [7, 11) is 0. The highest BCUT2D eigenvalue weighted by Gasteiger charge is 2.23. The van der Waals surface area contributed by atoms with Crippen molar-refractivity contribution < 1.29 is 0 Å². The first-order valence-corrected chi connectivity index (χ1v) is 6.02. The molecule has 2 aliphatic rings. The second-order valence-electron chi connectivity index (χ2n) is 4.58. The average Bonchev–Trinajstić information content (AvgIpc) is 2.39. The molecule has 0 radical (unpaired) electrons. The van der Waals surface area contributed by atoms with Gasteiger partial charge in [-0.1, -0.05) is 48.1 Å². The minimum atomic E-state index is 0.436. The lowest BCUT2D eigenvalue weighted by molar-refractivity contribution is 0.812. The summed E-state index contributed by atoms with van der Waals surface area (Å²) >= 11 is 0. The van der Waals surface area contributed by atoms with Gasteiger partial charge >= 0.3 is 0 Å². The summed E-state index contributed by atoms with van der Waals surface area (Å²) in [4.78, 5) is 4.58. The summed E-state index contributed by atoms with van der Waals surface area (Å²) in [5, 5.41) is 0. The van der Waals surface area contributed by atoms with Gasteiger partial charge in [-0.05, 0) is 30.6 Å². The number of nitrogens with zero attached hydrogens (tertiary/aromatic N) is 1. The van der Waals surface area contributed by atoms with Crippen molar-refractivity contribution in [2.45, 2.75) is 13.3 Å². The lowest BCUT2D eigenvalue weighted by atomic mass is 9.81. The number of aliphatic imine (C=N–C) groups is 1. The highest BCUT2D eigenvalue weighted by molar-refractivity contribution is 6.05.